The lowest BCUT2D eigenvalue weighted by atomic mass is 10.2. The van der Waals surface area contributed by atoms with Gasteiger partial charge >= 0.3 is 0 Å². The average molecular weight is 375 g/mol. The first-order valence-corrected chi connectivity index (χ1v) is 10.7. The van der Waals surface area contributed by atoms with Crippen LogP contribution in [0.3, 0.4) is 0 Å². The molecule has 7 nitrogen and oxygen atoms in total. The maximum absolute atomic E-state index is 11.8. The van der Waals surface area contributed by atoms with Crippen LogP contribution in [0.5, 0.6) is 0 Å². The van der Waals surface area contributed by atoms with Crippen molar-refractivity contribution in [3.8, 4) is 0 Å². The molecule has 0 amide bonds. The predicted octanol–water partition coefficient (Wildman–Crippen LogP) is 1.56. The highest BCUT2D eigenvalue weighted by Gasteiger charge is 2.32. The minimum Gasteiger partial charge on any atom is -0.359 e. The number of sulfone groups is 1. The summed E-state index contributed by atoms with van der Waals surface area (Å²) in [5.41, 5.74) is 1.23. The number of nitrogens with zero attached hydrogens (tertiary/aromatic N) is 5. The molecule has 3 heterocycles. The van der Waals surface area contributed by atoms with Crippen molar-refractivity contribution in [1.29, 1.82) is 0 Å². The highest BCUT2D eigenvalue weighted by atomic mass is 32.2. The van der Waals surface area contributed by atoms with Crippen molar-refractivity contribution >= 4 is 21.6 Å². The zero-order chi connectivity index (χ0) is 18.6. The van der Waals surface area contributed by atoms with Crippen molar-refractivity contribution in [2.75, 3.05) is 41.4 Å². The van der Waals surface area contributed by atoms with E-state index in [-0.39, 0.29) is 17.5 Å². The lowest BCUT2D eigenvalue weighted by Gasteiger charge is -2.28. The van der Waals surface area contributed by atoms with E-state index in [0.29, 0.717) is 18.9 Å². The second-order valence-corrected chi connectivity index (χ2v) is 8.81. The number of aromatic nitrogens is 3. The van der Waals surface area contributed by atoms with Crippen molar-refractivity contribution in [2.24, 2.45) is 0 Å². The standard InChI is InChI=1S/C18H25N5O2S/c1-3-23(16-8-13-26(24,25)14-16)18-20-11-6-17(21-18)22(2)12-7-15-4-9-19-10-5-15/h4-6,9-11,16H,3,7-8,12-14H2,1-2H3. The smallest absolute Gasteiger partial charge is 0.227 e. The highest BCUT2D eigenvalue weighted by Crippen LogP contribution is 2.23. The molecule has 0 spiro atoms. The van der Waals surface area contributed by atoms with Crippen LogP contribution in [0.1, 0.15) is 18.9 Å². The molecule has 1 unspecified atom stereocenters. The quantitative estimate of drug-likeness (QED) is 0.727. The normalized spacial score (nSPS) is 18.6. The number of rotatable bonds is 7. The fourth-order valence-corrected chi connectivity index (χ4v) is 4.97. The minimum absolute atomic E-state index is 0.0395. The van der Waals surface area contributed by atoms with Crippen LogP contribution in [0.2, 0.25) is 0 Å². The van der Waals surface area contributed by atoms with Crippen LogP contribution in [-0.2, 0) is 16.3 Å². The average Bonchev–Trinajstić information content (AvgIpc) is 3.01. The number of anilines is 2. The van der Waals surface area contributed by atoms with Crippen LogP contribution in [0.15, 0.2) is 36.8 Å². The van der Waals surface area contributed by atoms with Gasteiger partial charge in [0, 0.05) is 44.8 Å². The Kier molecular flexibility index (Phi) is 5.70. The summed E-state index contributed by atoms with van der Waals surface area (Å²) >= 11 is 0. The molecule has 1 atom stereocenters. The third kappa shape index (κ3) is 4.49. The monoisotopic (exact) mass is 375 g/mol. The Labute approximate surface area is 155 Å². The molecule has 0 radical (unpaired) electrons. The van der Waals surface area contributed by atoms with E-state index in [4.69, 9.17) is 0 Å². The maximum atomic E-state index is 11.8. The van der Waals surface area contributed by atoms with Gasteiger partial charge < -0.3 is 9.80 Å². The molecule has 8 heteroatoms. The number of likely N-dealkylation sites (N-methyl/N-ethyl adjacent to an activating group) is 1. The molecule has 1 saturated heterocycles. The molecule has 1 aliphatic heterocycles. The van der Waals surface area contributed by atoms with Gasteiger partial charge in [-0.25, -0.2) is 13.4 Å². The second kappa shape index (κ2) is 7.99. The van der Waals surface area contributed by atoms with Gasteiger partial charge in [-0.05, 0) is 43.5 Å². The molecule has 0 aliphatic carbocycles. The highest BCUT2D eigenvalue weighted by molar-refractivity contribution is 7.91. The molecule has 1 aliphatic rings. The van der Waals surface area contributed by atoms with Crippen molar-refractivity contribution in [2.45, 2.75) is 25.8 Å². The fourth-order valence-electron chi connectivity index (χ4n) is 3.24. The van der Waals surface area contributed by atoms with Gasteiger partial charge in [0.1, 0.15) is 5.82 Å². The summed E-state index contributed by atoms with van der Waals surface area (Å²) in [7, 11) is -0.933. The van der Waals surface area contributed by atoms with Gasteiger partial charge in [0.15, 0.2) is 9.84 Å². The molecule has 2 aromatic rings. The molecule has 26 heavy (non-hydrogen) atoms. The van der Waals surface area contributed by atoms with E-state index < -0.39 is 9.84 Å². The van der Waals surface area contributed by atoms with Crippen molar-refractivity contribution in [1.82, 2.24) is 15.0 Å². The first-order valence-electron chi connectivity index (χ1n) is 8.88. The van der Waals surface area contributed by atoms with Gasteiger partial charge in [-0.1, -0.05) is 0 Å². The van der Waals surface area contributed by atoms with Crippen LogP contribution >= 0.6 is 0 Å². The fraction of sp³-hybridized carbons (Fsp3) is 0.500. The molecular weight excluding hydrogens is 350 g/mol. The molecule has 0 N–H and O–H groups in total. The largest absolute Gasteiger partial charge is 0.359 e. The van der Waals surface area contributed by atoms with Gasteiger partial charge in [0.2, 0.25) is 5.95 Å². The van der Waals surface area contributed by atoms with E-state index in [1.54, 1.807) is 18.6 Å². The number of hydrogen-bond acceptors (Lipinski definition) is 7. The van der Waals surface area contributed by atoms with Crippen LogP contribution in [0.4, 0.5) is 11.8 Å². The zero-order valence-corrected chi connectivity index (χ0v) is 16.1. The third-order valence-corrected chi connectivity index (χ3v) is 6.50. The SMILES string of the molecule is CCN(c1nccc(N(C)CCc2ccncc2)n1)C1CCS(=O)(=O)C1. The first-order chi connectivity index (χ1) is 12.5. The molecule has 2 aromatic heterocycles. The van der Waals surface area contributed by atoms with Gasteiger partial charge in [-0.2, -0.15) is 4.98 Å². The zero-order valence-electron chi connectivity index (χ0n) is 15.2. The van der Waals surface area contributed by atoms with Crippen LogP contribution in [0.25, 0.3) is 0 Å². The van der Waals surface area contributed by atoms with E-state index in [1.165, 1.54) is 5.56 Å². The summed E-state index contributed by atoms with van der Waals surface area (Å²) in [5.74, 6) is 1.87. The third-order valence-electron chi connectivity index (χ3n) is 4.75. The maximum Gasteiger partial charge on any atom is 0.227 e. The Morgan fingerprint density at radius 1 is 1.19 bits per heavy atom. The Balaban J connectivity index is 1.70. The Bertz CT molecular complexity index is 828. The molecule has 0 aromatic carbocycles. The summed E-state index contributed by atoms with van der Waals surface area (Å²) in [4.78, 5) is 17.2. The summed E-state index contributed by atoms with van der Waals surface area (Å²) in [6, 6.07) is 5.87. The topological polar surface area (TPSA) is 79.3 Å². The first kappa shape index (κ1) is 18.6. The Morgan fingerprint density at radius 2 is 1.96 bits per heavy atom. The molecule has 0 saturated carbocycles. The number of hydrogen-bond donors (Lipinski definition) is 0. The van der Waals surface area contributed by atoms with E-state index in [9.17, 15) is 8.42 Å². The summed E-state index contributed by atoms with van der Waals surface area (Å²) in [6.45, 7) is 3.52. The van der Waals surface area contributed by atoms with E-state index in [1.807, 2.05) is 37.1 Å². The Hall–Kier alpha value is -2.22. The molecular formula is C18H25N5O2S. The lowest BCUT2D eigenvalue weighted by molar-refractivity contribution is 0.599. The van der Waals surface area contributed by atoms with E-state index >= 15 is 0 Å². The van der Waals surface area contributed by atoms with Crippen LogP contribution < -0.4 is 9.80 Å². The van der Waals surface area contributed by atoms with Gasteiger partial charge in [-0.15, -0.1) is 0 Å². The number of pyridine rings is 1. The molecule has 140 valence electrons. The van der Waals surface area contributed by atoms with Crippen LogP contribution in [0, 0.1) is 0 Å². The molecule has 1 fully saturated rings. The summed E-state index contributed by atoms with van der Waals surface area (Å²) in [5, 5.41) is 0. The van der Waals surface area contributed by atoms with Gasteiger partial charge in [0.05, 0.1) is 11.5 Å². The lowest BCUT2D eigenvalue weighted by Crippen LogP contribution is -2.37. The summed E-state index contributed by atoms with van der Waals surface area (Å²) in [6.07, 6.45) is 6.88. The Morgan fingerprint density at radius 3 is 2.62 bits per heavy atom. The predicted molar refractivity (Wildman–Crippen MR) is 103 cm³/mol. The second-order valence-electron chi connectivity index (χ2n) is 6.58. The molecule has 3 rings (SSSR count). The van der Waals surface area contributed by atoms with Gasteiger partial charge in [0.25, 0.3) is 0 Å². The van der Waals surface area contributed by atoms with Crippen molar-refractivity contribution < 1.29 is 8.42 Å². The van der Waals surface area contributed by atoms with Crippen LogP contribution in [-0.4, -0.2) is 61.1 Å². The van der Waals surface area contributed by atoms with E-state index in [0.717, 1.165) is 18.8 Å². The summed E-state index contributed by atoms with van der Waals surface area (Å²) < 4.78 is 23.6. The molecule has 0 bridgehead atoms. The van der Waals surface area contributed by atoms with Crippen molar-refractivity contribution in [3.05, 3.63) is 42.4 Å². The minimum atomic E-state index is -2.94. The van der Waals surface area contributed by atoms with Crippen molar-refractivity contribution in [3.63, 3.8) is 0 Å². The van der Waals surface area contributed by atoms with Gasteiger partial charge in [-0.3, -0.25) is 4.98 Å². The van der Waals surface area contributed by atoms with E-state index in [2.05, 4.69) is 19.9 Å².